The molecule has 0 aromatic carbocycles. The first-order chi connectivity index (χ1) is 7.50. The van der Waals surface area contributed by atoms with E-state index in [0.29, 0.717) is 11.8 Å². The molecule has 84 valence electrons. The maximum absolute atomic E-state index is 11.3. The van der Waals surface area contributed by atoms with E-state index >= 15 is 0 Å². The van der Waals surface area contributed by atoms with Crippen LogP contribution in [-0.2, 0) is 4.79 Å². The molecule has 2 aromatic heterocycles. The Balaban J connectivity index is 2.73. The van der Waals surface area contributed by atoms with Crippen LogP contribution in [0.3, 0.4) is 0 Å². The van der Waals surface area contributed by atoms with Gasteiger partial charge in [0.05, 0.1) is 6.20 Å². The van der Waals surface area contributed by atoms with E-state index in [9.17, 15) is 4.79 Å². The fraction of sp³-hybridized carbons (Fsp3) is 0.400. The molecule has 6 heteroatoms. The van der Waals surface area contributed by atoms with Gasteiger partial charge in [0, 0.05) is 19.5 Å². The zero-order valence-electron chi connectivity index (χ0n) is 9.72. The van der Waals surface area contributed by atoms with Crippen molar-refractivity contribution in [1.29, 1.82) is 0 Å². The number of carbonyl (C=O) groups is 1. The van der Waals surface area contributed by atoms with Crippen molar-refractivity contribution in [1.82, 2.24) is 19.6 Å². The number of rotatable bonds is 1. The summed E-state index contributed by atoms with van der Waals surface area (Å²) in [5.41, 5.74) is 1.69. The summed E-state index contributed by atoms with van der Waals surface area (Å²) in [6.45, 7) is 5.20. The molecule has 0 atom stereocenters. The molecule has 0 spiro atoms. The van der Waals surface area contributed by atoms with Crippen molar-refractivity contribution in [2.24, 2.45) is 0 Å². The molecule has 2 heterocycles. The topological polar surface area (TPSA) is 63.4 Å². The Bertz CT molecular complexity index is 560. The van der Waals surface area contributed by atoms with Crippen LogP contribution in [0.1, 0.15) is 18.3 Å². The highest BCUT2D eigenvalue weighted by Crippen LogP contribution is 2.14. The van der Waals surface area contributed by atoms with Gasteiger partial charge in [0.2, 0.25) is 11.9 Å². The van der Waals surface area contributed by atoms with Crippen molar-refractivity contribution in [3.63, 3.8) is 0 Å². The van der Waals surface area contributed by atoms with E-state index in [4.69, 9.17) is 0 Å². The van der Waals surface area contributed by atoms with Crippen molar-refractivity contribution in [2.75, 3.05) is 11.9 Å². The van der Waals surface area contributed by atoms with Crippen LogP contribution < -0.4 is 4.90 Å². The van der Waals surface area contributed by atoms with Gasteiger partial charge in [0.15, 0.2) is 5.65 Å². The fourth-order valence-corrected chi connectivity index (χ4v) is 1.43. The van der Waals surface area contributed by atoms with Gasteiger partial charge in [0.25, 0.3) is 0 Å². The van der Waals surface area contributed by atoms with Crippen molar-refractivity contribution in [3.8, 4) is 0 Å². The summed E-state index contributed by atoms with van der Waals surface area (Å²) in [5.74, 6) is 1.02. The number of anilines is 1. The monoisotopic (exact) mass is 219 g/mol. The number of fused-ring (bicyclic) bond motifs is 1. The Labute approximate surface area is 92.9 Å². The maximum atomic E-state index is 11.3. The summed E-state index contributed by atoms with van der Waals surface area (Å²) in [6.07, 6.45) is 1.71. The smallest absolute Gasteiger partial charge is 0.236 e. The normalized spacial score (nSPS) is 10.8. The molecule has 0 aliphatic rings. The van der Waals surface area contributed by atoms with Gasteiger partial charge in [-0.25, -0.2) is 4.98 Å². The summed E-state index contributed by atoms with van der Waals surface area (Å²) in [7, 11) is 1.67. The lowest BCUT2D eigenvalue weighted by atomic mass is 10.4. The number of carbonyl (C=O) groups excluding carboxylic acids is 1. The van der Waals surface area contributed by atoms with E-state index < -0.39 is 0 Å². The molecule has 0 aliphatic carbocycles. The van der Waals surface area contributed by atoms with E-state index in [-0.39, 0.29) is 5.91 Å². The Hall–Kier alpha value is -1.98. The lowest BCUT2D eigenvalue weighted by Gasteiger charge is -2.14. The number of aromatic nitrogens is 4. The Kier molecular flexibility index (Phi) is 2.34. The molecule has 0 bridgehead atoms. The van der Waals surface area contributed by atoms with Crippen molar-refractivity contribution < 1.29 is 4.79 Å². The van der Waals surface area contributed by atoms with E-state index in [1.165, 1.54) is 11.8 Å². The highest BCUT2D eigenvalue weighted by Gasteiger charge is 2.15. The molecule has 2 rings (SSSR count). The van der Waals surface area contributed by atoms with Gasteiger partial charge in [0.1, 0.15) is 5.82 Å². The number of aryl methyl sites for hydroxylation is 2. The minimum absolute atomic E-state index is 0.0902. The molecule has 2 aromatic rings. The van der Waals surface area contributed by atoms with Crippen LogP contribution in [0, 0.1) is 13.8 Å². The van der Waals surface area contributed by atoms with Crippen molar-refractivity contribution in [3.05, 3.63) is 17.6 Å². The van der Waals surface area contributed by atoms with Gasteiger partial charge in [-0.05, 0) is 13.8 Å². The standard InChI is InChI=1S/C10H13N5O/c1-6-5-11-15-9(6)12-7(2)13-10(15)14(4)8(3)16/h5H,1-4H3. The fourth-order valence-electron chi connectivity index (χ4n) is 1.43. The molecule has 6 nitrogen and oxygen atoms in total. The second-order valence-corrected chi connectivity index (χ2v) is 3.71. The summed E-state index contributed by atoms with van der Waals surface area (Å²) < 4.78 is 1.57. The second-order valence-electron chi connectivity index (χ2n) is 3.71. The zero-order chi connectivity index (χ0) is 11.9. The number of amides is 1. The van der Waals surface area contributed by atoms with Crippen LogP contribution in [0.2, 0.25) is 0 Å². The first-order valence-electron chi connectivity index (χ1n) is 4.94. The molecule has 0 radical (unpaired) electrons. The molecule has 0 unspecified atom stereocenters. The third-order valence-corrected chi connectivity index (χ3v) is 2.41. The molecule has 0 saturated carbocycles. The predicted octanol–water partition coefficient (Wildman–Crippen LogP) is 0.724. The summed E-state index contributed by atoms with van der Waals surface area (Å²) in [4.78, 5) is 21.3. The van der Waals surface area contributed by atoms with E-state index in [0.717, 1.165) is 11.2 Å². The van der Waals surface area contributed by atoms with E-state index in [1.54, 1.807) is 24.7 Å². The van der Waals surface area contributed by atoms with Crippen LogP contribution in [-0.4, -0.2) is 32.5 Å². The molecular formula is C10H13N5O. The molecule has 0 saturated heterocycles. The lowest BCUT2D eigenvalue weighted by molar-refractivity contribution is -0.116. The molecular weight excluding hydrogens is 206 g/mol. The number of nitrogens with zero attached hydrogens (tertiary/aromatic N) is 5. The summed E-state index contributed by atoms with van der Waals surface area (Å²) in [6, 6.07) is 0. The van der Waals surface area contributed by atoms with Crippen LogP contribution in [0.5, 0.6) is 0 Å². The third kappa shape index (κ3) is 1.52. The zero-order valence-corrected chi connectivity index (χ0v) is 9.72. The molecule has 0 N–H and O–H groups in total. The summed E-state index contributed by atoms with van der Waals surface area (Å²) in [5, 5.41) is 4.16. The van der Waals surface area contributed by atoms with Crippen LogP contribution in [0.15, 0.2) is 6.20 Å². The van der Waals surface area contributed by atoms with E-state index in [1.807, 2.05) is 6.92 Å². The van der Waals surface area contributed by atoms with Crippen molar-refractivity contribution in [2.45, 2.75) is 20.8 Å². The van der Waals surface area contributed by atoms with Gasteiger partial charge in [-0.1, -0.05) is 0 Å². The van der Waals surface area contributed by atoms with Crippen LogP contribution >= 0.6 is 0 Å². The van der Waals surface area contributed by atoms with Gasteiger partial charge in [-0.3, -0.25) is 9.69 Å². The van der Waals surface area contributed by atoms with Gasteiger partial charge in [-0.15, -0.1) is 0 Å². The SMILES string of the molecule is CC(=O)N(C)c1nc(C)nc2c(C)cnn12. The highest BCUT2D eigenvalue weighted by molar-refractivity contribution is 5.89. The minimum atomic E-state index is -0.0902. The quantitative estimate of drug-likeness (QED) is 0.709. The first-order valence-corrected chi connectivity index (χ1v) is 4.94. The summed E-state index contributed by atoms with van der Waals surface area (Å²) >= 11 is 0. The Morgan fingerprint density at radius 1 is 1.38 bits per heavy atom. The van der Waals surface area contributed by atoms with Gasteiger partial charge >= 0.3 is 0 Å². The number of hydrogen-bond acceptors (Lipinski definition) is 4. The molecule has 0 aliphatic heterocycles. The highest BCUT2D eigenvalue weighted by atomic mass is 16.2. The molecule has 0 fully saturated rings. The average molecular weight is 219 g/mol. The Morgan fingerprint density at radius 3 is 2.69 bits per heavy atom. The minimum Gasteiger partial charge on any atom is -0.284 e. The first kappa shape index (κ1) is 10.5. The second kappa shape index (κ2) is 3.55. The largest absolute Gasteiger partial charge is 0.284 e. The predicted molar refractivity (Wildman–Crippen MR) is 59.3 cm³/mol. The molecule has 1 amide bonds. The third-order valence-electron chi connectivity index (χ3n) is 2.41. The van der Waals surface area contributed by atoms with Crippen LogP contribution in [0.4, 0.5) is 5.95 Å². The maximum Gasteiger partial charge on any atom is 0.236 e. The van der Waals surface area contributed by atoms with Crippen LogP contribution in [0.25, 0.3) is 5.65 Å². The van der Waals surface area contributed by atoms with Crippen molar-refractivity contribution >= 4 is 17.5 Å². The molecule has 16 heavy (non-hydrogen) atoms. The van der Waals surface area contributed by atoms with Gasteiger partial charge < -0.3 is 0 Å². The Morgan fingerprint density at radius 2 is 2.06 bits per heavy atom. The number of hydrogen-bond donors (Lipinski definition) is 0. The van der Waals surface area contributed by atoms with E-state index in [2.05, 4.69) is 15.1 Å². The van der Waals surface area contributed by atoms with Gasteiger partial charge in [-0.2, -0.15) is 14.6 Å². The average Bonchev–Trinajstić information content (AvgIpc) is 2.58. The lowest BCUT2D eigenvalue weighted by Crippen LogP contribution is -2.27.